The summed E-state index contributed by atoms with van der Waals surface area (Å²) in [6.45, 7) is 6.36. The van der Waals surface area contributed by atoms with Crippen LogP contribution in [0.3, 0.4) is 0 Å². The molecule has 0 saturated carbocycles. The Balaban J connectivity index is 2.54. The molecule has 1 aromatic carbocycles. The van der Waals surface area contributed by atoms with Gasteiger partial charge in [0.05, 0.1) is 0 Å². The van der Waals surface area contributed by atoms with Crippen LogP contribution < -0.4 is 0 Å². The Labute approximate surface area is 117 Å². The van der Waals surface area contributed by atoms with E-state index in [9.17, 15) is 13.2 Å². The number of nitrogens with zero attached hydrogens (tertiary/aromatic N) is 1. The van der Waals surface area contributed by atoms with Crippen molar-refractivity contribution in [3.63, 3.8) is 0 Å². The van der Waals surface area contributed by atoms with Gasteiger partial charge in [-0.25, -0.2) is 13.2 Å². The molecular formula is C14H11BrF3N. The van der Waals surface area contributed by atoms with Crippen LogP contribution in [0, 0.1) is 17.5 Å². The monoisotopic (exact) mass is 329 g/mol. The maximum Gasteiger partial charge on any atom is 0.194 e. The minimum atomic E-state index is -1.46. The summed E-state index contributed by atoms with van der Waals surface area (Å²) in [6.07, 6.45) is 3.44. The lowest BCUT2D eigenvalue weighted by molar-refractivity contribution is 0.445. The predicted molar refractivity (Wildman–Crippen MR) is 72.8 cm³/mol. The van der Waals surface area contributed by atoms with E-state index in [2.05, 4.69) is 22.5 Å². The second kappa shape index (κ2) is 5.25. The first-order valence-corrected chi connectivity index (χ1v) is 6.44. The number of benzene rings is 1. The Morgan fingerprint density at radius 3 is 2.26 bits per heavy atom. The number of halogens is 4. The maximum absolute atomic E-state index is 13.3. The van der Waals surface area contributed by atoms with E-state index in [-0.39, 0.29) is 5.56 Å². The van der Waals surface area contributed by atoms with Crippen LogP contribution in [0.15, 0.2) is 41.0 Å². The van der Waals surface area contributed by atoms with Crippen LogP contribution in [0.25, 0.3) is 5.70 Å². The van der Waals surface area contributed by atoms with E-state index in [0.717, 1.165) is 16.6 Å². The summed E-state index contributed by atoms with van der Waals surface area (Å²) >= 11 is 3.34. The van der Waals surface area contributed by atoms with Crippen molar-refractivity contribution in [3.8, 4) is 0 Å². The lowest BCUT2D eigenvalue weighted by atomic mass is 10.1. The molecule has 0 saturated heterocycles. The maximum atomic E-state index is 13.3. The molecule has 0 N–H and O–H groups in total. The van der Waals surface area contributed by atoms with Crippen molar-refractivity contribution in [2.24, 2.45) is 0 Å². The zero-order valence-corrected chi connectivity index (χ0v) is 11.8. The quantitative estimate of drug-likeness (QED) is 0.718. The van der Waals surface area contributed by atoms with Crippen LogP contribution in [-0.2, 0) is 0 Å². The second-order valence-electron chi connectivity index (χ2n) is 4.01. The fourth-order valence-electron chi connectivity index (χ4n) is 1.93. The number of likely N-dealkylation sites (N-methyl/N-ethyl adjacent to an activating group) is 1. The average Bonchev–Trinajstić information content (AvgIpc) is 2.38. The summed E-state index contributed by atoms with van der Waals surface area (Å²) in [5.41, 5.74) is 1.54. The standard InChI is InChI=1S/C14H11BrF3N/c1-3-19-8(2)10(15)4-5-13(19)9-6-11(16)14(18)12(17)7-9/h4-7H,2-3H2,1H3. The molecule has 1 aromatic rings. The molecule has 1 nitrogen and oxygen atoms in total. The van der Waals surface area contributed by atoms with Crippen LogP contribution >= 0.6 is 15.9 Å². The van der Waals surface area contributed by atoms with Crippen LogP contribution in [0.1, 0.15) is 12.5 Å². The minimum absolute atomic E-state index is 0.274. The first-order valence-electron chi connectivity index (χ1n) is 5.65. The molecule has 1 heterocycles. The first-order chi connectivity index (χ1) is 8.95. The molecule has 0 aliphatic carbocycles. The van der Waals surface area contributed by atoms with Crippen molar-refractivity contribution in [1.29, 1.82) is 0 Å². The van der Waals surface area contributed by atoms with Crippen molar-refractivity contribution in [1.82, 2.24) is 4.90 Å². The van der Waals surface area contributed by atoms with Gasteiger partial charge in [0.25, 0.3) is 0 Å². The van der Waals surface area contributed by atoms with Gasteiger partial charge >= 0.3 is 0 Å². The third-order valence-electron chi connectivity index (χ3n) is 2.88. The topological polar surface area (TPSA) is 3.24 Å². The Morgan fingerprint density at radius 1 is 1.16 bits per heavy atom. The van der Waals surface area contributed by atoms with Crippen molar-refractivity contribution in [2.45, 2.75) is 6.92 Å². The lowest BCUT2D eigenvalue weighted by Crippen LogP contribution is -2.23. The van der Waals surface area contributed by atoms with E-state index in [1.165, 1.54) is 0 Å². The predicted octanol–water partition coefficient (Wildman–Crippen LogP) is 4.57. The van der Waals surface area contributed by atoms with Gasteiger partial charge in [-0.15, -0.1) is 0 Å². The summed E-state index contributed by atoms with van der Waals surface area (Å²) in [5.74, 6) is -3.86. The third-order valence-corrected chi connectivity index (χ3v) is 3.60. The van der Waals surface area contributed by atoms with E-state index in [1.807, 2.05) is 6.92 Å². The van der Waals surface area contributed by atoms with Gasteiger partial charge in [0.15, 0.2) is 17.5 Å². The Hall–Kier alpha value is -1.49. The second-order valence-corrected chi connectivity index (χ2v) is 4.87. The molecule has 0 aromatic heterocycles. The third kappa shape index (κ3) is 2.47. The number of rotatable bonds is 2. The van der Waals surface area contributed by atoms with Gasteiger partial charge in [-0.05, 0) is 47.1 Å². The largest absolute Gasteiger partial charge is 0.341 e. The average molecular weight is 330 g/mol. The lowest BCUT2D eigenvalue weighted by Gasteiger charge is -2.30. The van der Waals surface area contributed by atoms with Crippen LogP contribution in [0.5, 0.6) is 0 Å². The normalized spacial score (nSPS) is 15.4. The van der Waals surface area contributed by atoms with Crippen molar-refractivity contribution in [2.75, 3.05) is 6.54 Å². The molecule has 1 aliphatic rings. The van der Waals surface area contributed by atoms with Gasteiger partial charge in [-0.3, -0.25) is 0 Å². The van der Waals surface area contributed by atoms with Gasteiger partial charge in [-0.2, -0.15) is 0 Å². The molecule has 0 amide bonds. The zero-order valence-electron chi connectivity index (χ0n) is 10.2. The smallest absolute Gasteiger partial charge is 0.194 e. The van der Waals surface area contributed by atoms with Crippen molar-refractivity contribution >= 4 is 21.6 Å². The van der Waals surface area contributed by atoms with Gasteiger partial charge in [0, 0.05) is 28.0 Å². The number of hydrogen-bond donors (Lipinski definition) is 0. The highest BCUT2D eigenvalue weighted by atomic mass is 79.9. The minimum Gasteiger partial charge on any atom is -0.341 e. The highest BCUT2D eigenvalue weighted by Crippen LogP contribution is 2.33. The van der Waals surface area contributed by atoms with Gasteiger partial charge in [-0.1, -0.05) is 6.58 Å². The molecule has 0 fully saturated rings. The number of hydrogen-bond acceptors (Lipinski definition) is 1. The Kier molecular flexibility index (Phi) is 3.85. The Morgan fingerprint density at radius 2 is 1.74 bits per heavy atom. The van der Waals surface area contributed by atoms with Gasteiger partial charge in [0.2, 0.25) is 0 Å². The highest BCUT2D eigenvalue weighted by Gasteiger charge is 2.21. The first kappa shape index (κ1) is 13.9. The van der Waals surface area contributed by atoms with E-state index in [0.29, 0.717) is 17.9 Å². The molecule has 2 rings (SSSR count). The van der Waals surface area contributed by atoms with Crippen LogP contribution in [0.4, 0.5) is 13.2 Å². The molecule has 0 unspecified atom stereocenters. The van der Waals surface area contributed by atoms with E-state index < -0.39 is 17.5 Å². The molecule has 1 aliphatic heterocycles. The van der Waals surface area contributed by atoms with Crippen LogP contribution in [-0.4, -0.2) is 11.4 Å². The summed E-state index contributed by atoms with van der Waals surface area (Å²) in [6, 6.07) is 1.96. The SMILES string of the molecule is C=C1C(Br)=CC=C(c2cc(F)c(F)c(F)c2)N1CC. The molecule has 100 valence electrons. The molecule has 0 radical (unpaired) electrons. The van der Waals surface area contributed by atoms with E-state index >= 15 is 0 Å². The summed E-state index contributed by atoms with van der Waals surface area (Å²) in [4.78, 5) is 1.79. The van der Waals surface area contributed by atoms with Crippen molar-refractivity contribution in [3.05, 3.63) is 64.1 Å². The Bertz CT molecular complexity index is 582. The van der Waals surface area contributed by atoms with Gasteiger partial charge in [0.1, 0.15) is 0 Å². The zero-order chi connectivity index (χ0) is 14.2. The molecule has 0 atom stereocenters. The fourth-order valence-corrected chi connectivity index (χ4v) is 2.28. The van der Waals surface area contributed by atoms with Crippen molar-refractivity contribution < 1.29 is 13.2 Å². The van der Waals surface area contributed by atoms with Crippen LogP contribution in [0.2, 0.25) is 0 Å². The van der Waals surface area contributed by atoms with Gasteiger partial charge < -0.3 is 4.90 Å². The summed E-state index contributed by atoms with van der Waals surface area (Å²) in [5, 5.41) is 0. The summed E-state index contributed by atoms with van der Waals surface area (Å²) in [7, 11) is 0. The highest BCUT2D eigenvalue weighted by molar-refractivity contribution is 9.12. The van der Waals surface area contributed by atoms with E-state index in [1.54, 1.807) is 17.1 Å². The number of allylic oxidation sites excluding steroid dienone is 3. The molecule has 0 bridgehead atoms. The van der Waals surface area contributed by atoms with E-state index in [4.69, 9.17) is 0 Å². The molecule has 19 heavy (non-hydrogen) atoms. The molecule has 0 spiro atoms. The molecule has 5 heteroatoms. The summed E-state index contributed by atoms with van der Waals surface area (Å²) < 4.78 is 40.4. The molecular weight excluding hydrogens is 319 g/mol. The fraction of sp³-hybridized carbons (Fsp3) is 0.143.